The number of benzene rings is 1. The molecule has 0 amide bonds. The number of rotatable bonds is 2. The highest BCUT2D eigenvalue weighted by Crippen LogP contribution is 2.56. The van der Waals surface area contributed by atoms with E-state index >= 15 is 0 Å². The third-order valence-electron chi connectivity index (χ3n) is 5.53. The topological polar surface area (TPSA) is 38.0 Å². The van der Waals surface area contributed by atoms with Gasteiger partial charge in [0.1, 0.15) is 5.82 Å². The fourth-order valence-corrected chi connectivity index (χ4v) is 5.39. The van der Waals surface area contributed by atoms with E-state index in [-0.39, 0.29) is 10.6 Å². The van der Waals surface area contributed by atoms with Gasteiger partial charge in [-0.05, 0) is 62.3 Å². The molecule has 0 atom stereocenters. The maximum atomic E-state index is 13.7. The van der Waals surface area contributed by atoms with Gasteiger partial charge in [-0.25, -0.2) is 4.39 Å². The van der Waals surface area contributed by atoms with Crippen molar-refractivity contribution in [3.63, 3.8) is 0 Å². The Morgan fingerprint density at radius 2 is 1.65 bits per heavy atom. The van der Waals surface area contributed by atoms with Gasteiger partial charge in [0, 0.05) is 11.6 Å². The van der Waals surface area contributed by atoms with Gasteiger partial charge in [-0.15, -0.1) is 0 Å². The molecule has 4 aliphatic carbocycles. The van der Waals surface area contributed by atoms with Crippen molar-refractivity contribution in [3.05, 3.63) is 23.0 Å². The standard InChI is InChI=1S/C16H20ClFN2/c17-12-4-14(19)15(5-13(12)18)20-16-6-9-1-10(7-16)3-11(2-9)8-16/h4-5,9-11,20H,1-3,6-8,19H2. The van der Waals surface area contributed by atoms with Crippen LogP contribution in [0.3, 0.4) is 0 Å². The zero-order valence-corrected chi connectivity index (χ0v) is 12.2. The highest BCUT2D eigenvalue weighted by Gasteiger charge is 2.51. The average Bonchev–Trinajstić information content (AvgIpc) is 2.34. The molecule has 0 aromatic heterocycles. The predicted octanol–water partition coefficient (Wildman–Crippen LogP) is 4.44. The summed E-state index contributed by atoms with van der Waals surface area (Å²) in [5.74, 6) is 2.17. The maximum absolute atomic E-state index is 13.7. The summed E-state index contributed by atoms with van der Waals surface area (Å²) >= 11 is 5.78. The molecule has 1 aromatic carbocycles. The minimum absolute atomic E-state index is 0.0959. The number of hydrogen-bond acceptors (Lipinski definition) is 2. The van der Waals surface area contributed by atoms with Crippen LogP contribution in [-0.4, -0.2) is 5.54 Å². The molecule has 4 fully saturated rings. The van der Waals surface area contributed by atoms with Crippen LogP contribution in [0.5, 0.6) is 0 Å². The number of hydrogen-bond donors (Lipinski definition) is 2. The molecule has 4 saturated carbocycles. The van der Waals surface area contributed by atoms with E-state index in [0.717, 1.165) is 17.8 Å². The van der Waals surface area contributed by atoms with E-state index in [1.807, 2.05) is 0 Å². The molecule has 4 aliphatic rings. The second-order valence-electron chi connectivity index (χ2n) is 7.18. The van der Waals surface area contributed by atoms with E-state index in [0.29, 0.717) is 11.4 Å². The Morgan fingerprint density at radius 3 is 2.20 bits per heavy atom. The summed E-state index contributed by atoms with van der Waals surface area (Å²) in [7, 11) is 0. The molecule has 20 heavy (non-hydrogen) atoms. The normalized spacial score (nSPS) is 38.2. The molecule has 5 rings (SSSR count). The Hall–Kier alpha value is -0.960. The fourth-order valence-electron chi connectivity index (χ4n) is 5.22. The van der Waals surface area contributed by atoms with Crippen molar-refractivity contribution in [1.29, 1.82) is 0 Å². The van der Waals surface area contributed by atoms with E-state index in [4.69, 9.17) is 17.3 Å². The van der Waals surface area contributed by atoms with E-state index in [1.54, 1.807) is 0 Å². The number of nitrogen functional groups attached to an aromatic ring is 1. The van der Waals surface area contributed by atoms with Crippen LogP contribution in [0.2, 0.25) is 5.02 Å². The molecular weight excluding hydrogens is 275 g/mol. The first kappa shape index (κ1) is 12.8. The van der Waals surface area contributed by atoms with Crippen molar-refractivity contribution < 1.29 is 4.39 Å². The third kappa shape index (κ3) is 1.98. The van der Waals surface area contributed by atoms with Crippen molar-refractivity contribution in [2.75, 3.05) is 11.1 Å². The Kier molecular flexibility index (Phi) is 2.72. The Balaban J connectivity index is 1.64. The highest BCUT2D eigenvalue weighted by atomic mass is 35.5. The number of anilines is 2. The van der Waals surface area contributed by atoms with Crippen LogP contribution in [0.15, 0.2) is 12.1 Å². The first-order chi connectivity index (χ1) is 9.53. The summed E-state index contributed by atoms with van der Waals surface area (Å²) < 4.78 is 13.7. The quantitative estimate of drug-likeness (QED) is 0.791. The molecule has 4 heteroatoms. The summed E-state index contributed by atoms with van der Waals surface area (Å²) in [6.45, 7) is 0. The molecule has 0 heterocycles. The van der Waals surface area contributed by atoms with Gasteiger partial charge in [0.2, 0.25) is 0 Å². The lowest BCUT2D eigenvalue weighted by Gasteiger charge is -2.57. The van der Waals surface area contributed by atoms with Crippen LogP contribution in [-0.2, 0) is 0 Å². The van der Waals surface area contributed by atoms with Crippen molar-refractivity contribution in [1.82, 2.24) is 0 Å². The maximum Gasteiger partial charge on any atom is 0.143 e. The smallest absolute Gasteiger partial charge is 0.143 e. The Morgan fingerprint density at radius 1 is 1.10 bits per heavy atom. The molecule has 108 valence electrons. The van der Waals surface area contributed by atoms with Crippen LogP contribution in [0, 0.1) is 23.6 Å². The second-order valence-corrected chi connectivity index (χ2v) is 7.58. The number of halogens is 2. The first-order valence-electron chi connectivity index (χ1n) is 7.56. The van der Waals surface area contributed by atoms with Crippen LogP contribution in [0.1, 0.15) is 38.5 Å². The van der Waals surface area contributed by atoms with Gasteiger partial charge in [-0.3, -0.25) is 0 Å². The van der Waals surface area contributed by atoms with Crippen LogP contribution in [0.25, 0.3) is 0 Å². The van der Waals surface area contributed by atoms with Gasteiger partial charge >= 0.3 is 0 Å². The van der Waals surface area contributed by atoms with Crippen molar-refractivity contribution in [3.8, 4) is 0 Å². The van der Waals surface area contributed by atoms with E-state index < -0.39 is 5.82 Å². The zero-order valence-electron chi connectivity index (χ0n) is 11.5. The molecule has 4 bridgehead atoms. The lowest BCUT2D eigenvalue weighted by Crippen LogP contribution is -2.54. The minimum Gasteiger partial charge on any atom is -0.397 e. The zero-order chi connectivity index (χ0) is 13.9. The largest absolute Gasteiger partial charge is 0.397 e. The van der Waals surface area contributed by atoms with Gasteiger partial charge in [0.15, 0.2) is 0 Å². The van der Waals surface area contributed by atoms with Crippen LogP contribution >= 0.6 is 11.6 Å². The minimum atomic E-state index is -0.395. The van der Waals surface area contributed by atoms with Crippen molar-refractivity contribution in [2.24, 2.45) is 17.8 Å². The number of nitrogens with one attached hydrogen (secondary N) is 1. The van der Waals surface area contributed by atoms with Gasteiger partial charge < -0.3 is 11.1 Å². The third-order valence-corrected chi connectivity index (χ3v) is 5.82. The van der Waals surface area contributed by atoms with Gasteiger partial charge in [0.25, 0.3) is 0 Å². The molecule has 3 N–H and O–H groups in total. The molecule has 0 spiro atoms. The highest BCUT2D eigenvalue weighted by molar-refractivity contribution is 6.31. The van der Waals surface area contributed by atoms with Crippen LogP contribution < -0.4 is 11.1 Å². The predicted molar refractivity (Wildman–Crippen MR) is 80.3 cm³/mol. The van der Waals surface area contributed by atoms with Gasteiger partial charge in [-0.1, -0.05) is 11.6 Å². The molecule has 0 radical (unpaired) electrons. The lowest BCUT2D eigenvalue weighted by molar-refractivity contribution is 0.0107. The number of nitrogens with two attached hydrogens (primary N) is 1. The molecular formula is C16H20ClFN2. The van der Waals surface area contributed by atoms with Gasteiger partial charge in [-0.2, -0.15) is 0 Å². The molecule has 0 aliphatic heterocycles. The van der Waals surface area contributed by atoms with E-state index in [9.17, 15) is 4.39 Å². The monoisotopic (exact) mass is 294 g/mol. The second kappa shape index (κ2) is 4.27. The summed E-state index contributed by atoms with van der Waals surface area (Å²) in [5.41, 5.74) is 7.41. The molecule has 0 saturated heterocycles. The van der Waals surface area contributed by atoms with Crippen molar-refractivity contribution >= 4 is 23.0 Å². The van der Waals surface area contributed by atoms with E-state index in [2.05, 4.69) is 5.32 Å². The molecule has 1 aromatic rings. The Bertz CT molecular complexity index is 522. The average molecular weight is 295 g/mol. The molecule has 2 nitrogen and oxygen atoms in total. The van der Waals surface area contributed by atoms with E-state index in [1.165, 1.54) is 50.7 Å². The summed E-state index contributed by atoms with van der Waals surface area (Å²) in [6, 6.07) is 2.97. The van der Waals surface area contributed by atoms with Gasteiger partial charge in [0.05, 0.1) is 16.4 Å². The van der Waals surface area contributed by atoms with Crippen molar-refractivity contribution in [2.45, 2.75) is 44.1 Å². The summed E-state index contributed by atoms with van der Waals surface area (Å²) in [5, 5.41) is 3.70. The summed E-state index contributed by atoms with van der Waals surface area (Å²) in [4.78, 5) is 0. The summed E-state index contributed by atoms with van der Waals surface area (Å²) in [6.07, 6.45) is 7.82. The Labute approximate surface area is 123 Å². The lowest BCUT2D eigenvalue weighted by atomic mass is 9.53. The first-order valence-corrected chi connectivity index (χ1v) is 7.93. The van der Waals surface area contributed by atoms with Crippen LogP contribution in [0.4, 0.5) is 15.8 Å². The SMILES string of the molecule is Nc1cc(Cl)c(F)cc1NC12CC3CC(CC(C3)C1)C2. The molecule has 0 unspecified atom stereocenters. The fraction of sp³-hybridized carbons (Fsp3) is 0.625.